The van der Waals surface area contributed by atoms with Gasteiger partial charge in [0.25, 0.3) is 0 Å². The molecule has 716 valence electrons. The molecule has 0 bridgehead atoms. The first-order valence-electron chi connectivity index (χ1n) is 42.4. The number of ether oxygens (including phenoxy) is 4. The first kappa shape index (κ1) is 107. The van der Waals surface area contributed by atoms with Crippen LogP contribution in [0.2, 0.25) is 0 Å². The van der Waals surface area contributed by atoms with Gasteiger partial charge in [0.15, 0.2) is 0 Å². The second-order valence-corrected chi connectivity index (χ2v) is 33.5. The van der Waals surface area contributed by atoms with Crippen LogP contribution in [-0.4, -0.2) is 283 Å². The van der Waals surface area contributed by atoms with Crippen LogP contribution in [0.25, 0.3) is 0 Å². The van der Waals surface area contributed by atoms with Crippen LogP contribution in [0.15, 0.2) is 78.9 Å². The van der Waals surface area contributed by atoms with E-state index < -0.39 is 214 Å². The van der Waals surface area contributed by atoms with E-state index in [1.807, 2.05) is 11.8 Å². The predicted molar refractivity (Wildman–Crippen MR) is 464 cm³/mol. The third kappa shape index (κ3) is 40.7. The number of benzene rings is 3. The Morgan fingerprint density at radius 1 is 0.431 bits per heavy atom. The molecule has 0 aromatic heterocycles. The SMILES string of the molecule is C[C@@H]1NC(=O)[C@H](C)NC(=O)[C@H](C)NC(=O)[C@H](CCC(=O)NCCOCCOCC(=O)NCCOCCOCC(=O)N[C@@H](CCCCNC(=O)CCCCC[C@@H]2SC[C@@H]3NC(=O)N[C@@H]32)C(N)=O)NC(=O)[C@H](Cc2ccccc2)NC(=O)[C@H](Cc2ccc(O)cc2)NC(=O)[C@H](CC(N)=O)NC(=O)[C@H](CCC(N)=O)NC(=O)[C@H](Cc2ccc(OP(=O)(O)O)cc2)NC(=O)[C@H](C)NC1=O. The summed E-state index contributed by atoms with van der Waals surface area (Å²) in [6, 6.07) is 0.617. The third-order valence-electron chi connectivity index (χ3n) is 20.4. The molecule has 130 heavy (non-hydrogen) atoms. The minimum absolute atomic E-state index is 0.0117. The van der Waals surface area contributed by atoms with Crippen LogP contribution < -0.4 is 107 Å². The Balaban J connectivity index is 1.03. The second-order valence-electron chi connectivity index (χ2n) is 31.1. The molecule has 3 saturated heterocycles. The Hall–Kier alpha value is -12.1. The van der Waals surface area contributed by atoms with Crippen molar-refractivity contribution in [2.45, 2.75) is 214 Å². The fraction of sp³-hybridized carbons (Fsp3) is 0.561. The van der Waals surface area contributed by atoms with E-state index in [4.69, 9.17) is 36.1 Å². The Kier molecular flexibility index (Phi) is 45.7. The number of phosphoric ester groups is 1. The smallest absolute Gasteiger partial charge is 0.508 e. The van der Waals surface area contributed by atoms with Gasteiger partial charge in [-0.05, 0) is 114 Å². The molecule has 0 spiro atoms. The van der Waals surface area contributed by atoms with E-state index in [-0.39, 0.29) is 125 Å². The van der Waals surface area contributed by atoms with E-state index in [2.05, 4.69) is 89.6 Å². The topological polar surface area (TPSA) is 702 Å². The molecule has 0 radical (unpaired) electrons. The molecule has 48 heteroatoms. The number of rotatable bonds is 45. The Morgan fingerprint density at radius 2 is 0.862 bits per heavy atom. The number of phosphoric acid groups is 1. The number of amides is 19. The van der Waals surface area contributed by atoms with Gasteiger partial charge in [-0.2, -0.15) is 11.8 Å². The standard InChI is InChI=1S/C82H120N19O27PS/c1-46-72(110)89-47(2)73(111)91-49(4)75(113)96-58(41-52-20-24-54(25-21-52)128-129(121,122)123)78(116)94-56(26-28-64(83)103)77(115)99-61(42-65(84)104)81(119)98-60(40-51-18-22-53(102)23-19-51)80(118)97-59(39-50-13-7-5-8-14-50)79(117)95-57(76(114)92-48(3)74(112)90-46)27-29-67(106)87-31-33-124-35-37-126-43-68(107)88-32-34-125-36-38-127-44-69(108)93-55(71(85)109)15-11-12-30-86-66(105)17-10-6-9-16-63-70-62(45-130-63)100-82(120)101-70/h5,7-8,13-14,18-25,46-49,55-63,70,102H,6,9-12,15-17,26-45H2,1-4H3,(H2,83,103)(H2,84,104)(H2,85,109)(H,86,105)(H,87,106)(H,88,107)(H,89,110)(H,90,112)(H,91,111)(H,92,114)(H,93,108)(H,94,116)(H,95,117)(H,96,113)(H,97,118)(H,98,119)(H,99,115)(H2,100,101,120)(H2,121,122,123)/t46-,47-,48-,49-,55-,56-,57-,58-,59-,60-,61-,62-,63-,70-/m0/s1. The number of phenolic OH excluding ortho intramolecular Hbond substituents is 1. The van der Waals surface area contributed by atoms with Gasteiger partial charge in [0.05, 0.1) is 58.1 Å². The lowest BCUT2D eigenvalue weighted by molar-refractivity contribution is -0.137. The summed E-state index contributed by atoms with van der Waals surface area (Å²) in [5.41, 5.74) is 17.5. The van der Waals surface area contributed by atoms with Crippen molar-refractivity contribution in [2.75, 3.05) is 78.2 Å². The number of carbonyl (C=O) groups is 18. The van der Waals surface area contributed by atoms with Crippen molar-refractivity contribution in [1.82, 2.24) is 85.1 Å². The highest BCUT2D eigenvalue weighted by atomic mass is 32.2. The largest absolute Gasteiger partial charge is 0.524 e. The average Bonchev–Trinajstić information content (AvgIpc) is 1.66. The fourth-order valence-corrected chi connectivity index (χ4v) is 15.3. The highest BCUT2D eigenvalue weighted by Crippen LogP contribution is 2.38. The summed E-state index contributed by atoms with van der Waals surface area (Å²) in [6.45, 7) is 4.53. The summed E-state index contributed by atoms with van der Waals surface area (Å²) in [6.07, 6.45) is 0.846. The zero-order valence-electron chi connectivity index (χ0n) is 72.6. The minimum Gasteiger partial charge on any atom is -0.508 e. The number of thioether (sulfide) groups is 1. The molecule has 25 N–H and O–H groups in total. The third-order valence-corrected chi connectivity index (χ3v) is 22.4. The number of unbranched alkanes of at least 4 members (excludes halogenated alkanes) is 3. The maximum Gasteiger partial charge on any atom is 0.524 e. The molecule has 19 amide bonds. The van der Waals surface area contributed by atoms with Gasteiger partial charge in [0, 0.05) is 69.2 Å². The number of carbonyl (C=O) groups excluding carboxylic acids is 18. The number of hydrogen-bond donors (Lipinski definition) is 22. The van der Waals surface area contributed by atoms with Gasteiger partial charge in [-0.1, -0.05) is 67.4 Å². The highest BCUT2D eigenvalue weighted by Gasteiger charge is 2.43. The summed E-state index contributed by atoms with van der Waals surface area (Å²) in [5.74, 6) is -15.3. The lowest BCUT2D eigenvalue weighted by atomic mass is 10.0. The monoisotopic (exact) mass is 1870 g/mol. The summed E-state index contributed by atoms with van der Waals surface area (Å²) < 4.78 is 38.0. The lowest BCUT2D eigenvalue weighted by Gasteiger charge is -2.28. The van der Waals surface area contributed by atoms with Crippen LogP contribution in [0, 0.1) is 0 Å². The molecule has 6 rings (SSSR count). The first-order valence-corrected chi connectivity index (χ1v) is 45.0. The van der Waals surface area contributed by atoms with Gasteiger partial charge in [0.1, 0.15) is 91.2 Å². The zero-order chi connectivity index (χ0) is 95.4. The Morgan fingerprint density at radius 3 is 1.38 bits per heavy atom. The molecule has 3 heterocycles. The molecule has 14 atom stereocenters. The van der Waals surface area contributed by atoms with Gasteiger partial charge >= 0.3 is 13.9 Å². The maximum absolute atomic E-state index is 15.0. The molecule has 0 unspecified atom stereocenters. The number of fused-ring (bicyclic) bond motifs is 1. The molecule has 3 aromatic carbocycles. The normalized spacial score (nSPS) is 22.6. The van der Waals surface area contributed by atoms with Crippen molar-refractivity contribution < 1.29 is 129 Å². The van der Waals surface area contributed by atoms with E-state index in [0.717, 1.165) is 43.6 Å². The number of phenols is 1. The van der Waals surface area contributed by atoms with Crippen LogP contribution >= 0.6 is 19.6 Å². The molecular weight excluding hydrogens is 1750 g/mol. The van der Waals surface area contributed by atoms with Gasteiger partial charge in [-0.15, -0.1) is 0 Å². The van der Waals surface area contributed by atoms with E-state index >= 15 is 0 Å². The molecule has 0 aliphatic carbocycles. The first-order chi connectivity index (χ1) is 61.8. The van der Waals surface area contributed by atoms with Crippen LogP contribution in [0.1, 0.15) is 128 Å². The summed E-state index contributed by atoms with van der Waals surface area (Å²) in [5, 5.41) is 51.6. The number of urea groups is 1. The average molecular weight is 1870 g/mol. The quantitative estimate of drug-likeness (QED) is 0.0143. The predicted octanol–water partition coefficient (Wildman–Crippen LogP) is -5.57. The van der Waals surface area contributed by atoms with Gasteiger partial charge in [-0.25, -0.2) is 9.36 Å². The van der Waals surface area contributed by atoms with E-state index in [1.165, 1.54) is 64.1 Å². The van der Waals surface area contributed by atoms with Crippen molar-refractivity contribution in [2.24, 2.45) is 17.2 Å². The molecular formula is C82H120N19O27PS. The molecule has 3 aromatic rings. The summed E-state index contributed by atoms with van der Waals surface area (Å²) in [7, 11) is -5.05. The van der Waals surface area contributed by atoms with Gasteiger partial charge in [-0.3, -0.25) is 91.3 Å². The Labute approximate surface area is 753 Å². The summed E-state index contributed by atoms with van der Waals surface area (Å²) in [4.78, 5) is 262. The number of primary amides is 3. The van der Waals surface area contributed by atoms with Crippen molar-refractivity contribution in [3.05, 3.63) is 95.6 Å². The van der Waals surface area contributed by atoms with E-state index in [9.17, 15) is 106 Å². The zero-order valence-corrected chi connectivity index (χ0v) is 74.3. The lowest BCUT2D eigenvalue weighted by Crippen LogP contribution is -2.61. The van der Waals surface area contributed by atoms with Crippen molar-refractivity contribution in [3.63, 3.8) is 0 Å². The number of nitrogens with one attached hydrogen (secondary N) is 16. The van der Waals surface area contributed by atoms with Gasteiger partial charge in [0.2, 0.25) is 100 Å². The van der Waals surface area contributed by atoms with Gasteiger partial charge < -0.3 is 131 Å². The molecule has 3 aliphatic heterocycles. The number of aromatic hydroxyl groups is 1. The fourth-order valence-electron chi connectivity index (χ4n) is 13.4. The van der Waals surface area contributed by atoms with Crippen LogP contribution in [0.4, 0.5) is 4.79 Å². The molecule has 3 aliphatic rings. The van der Waals surface area contributed by atoms with Crippen LogP contribution in [0.5, 0.6) is 11.5 Å². The van der Waals surface area contributed by atoms with Crippen molar-refractivity contribution >= 4 is 126 Å². The number of hydrogen-bond acceptors (Lipinski definition) is 26. The molecule has 0 saturated carbocycles. The minimum atomic E-state index is -5.05. The maximum atomic E-state index is 15.0. The van der Waals surface area contributed by atoms with Crippen LogP contribution in [-0.2, 0) is 124 Å². The van der Waals surface area contributed by atoms with E-state index in [0.29, 0.717) is 36.6 Å². The van der Waals surface area contributed by atoms with E-state index in [1.54, 1.807) is 30.3 Å². The van der Waals surface area contributed by atoms with Crippen molar-refractivity contribution in [3.8, 4) is 11.5 Å². The highest BCUT2D eigenvalue weighted by molar-refractivity contribution is 8.00. The number of nitrogens with two attached hydrogens (primary N) is 3. The van der Waals surface area contributed by atoms with Crippen LogP contribution in [0.3, 0.4) is 0 Å². The second kappa shape index (κ2) is 55.7. The Bertz CT molecular complexity index is 4410. The van der Waals surface area contributed by atoms with Crippen molar-refractivity contribution in [1.29, 1.82) is 0 Å². The molecule has 3 fully saturated rings. The summed E-state index contributed by atoms with van der Waals surface area (Å²) >= 11 is 1.86. The molecule has 46 nitrogen and oxygen atoms in total.